The molecule has 1 heterocycles. The summed E-state index contributed by atoms with van der Waals surface area (Å²) in [6, 6.07) is 23.8. The minimum Gasteiger partial charge on any atom is -0.497 e. The van der Waals surface area contributed by atoms with E-state index in [4.69, 9.17) is 18.9 Å². The van der Waals surface area contributed by atoms with Crippen molar-refractivity contribution < 1.29 is 28.5 Å². The third kappa shape index (κ3) is 6.89. The summed E-state index contributed by atoms with van der Waals surface area (Å²) in [5, 5.41) is 2.98. The fourth-order valence-electron chi connectivity index (χ4n) is 5.36. The summed E-state index contributed by atoms with van der Waals surface area (Å²) in [5.41, 5.74) is 2.20. The lowest BCUT2D eigenvalue weighted by Crippen LogP contribution is -2.75. The largest absolute Gasteiger partial charge is 0.497 e. The molecule has 4 rings (SSSR count). The van der Waals surface area contributed by atoms with E-state index in [0.29, 0.717) is 6.42 Å². The van der Waals surface area contributed by atoms with E-state index in [0.717, 1.165) is 41.0 Å². The number of benzene rings is 3. The Hall–Kier alpha value is -3.88. The van der Waals surface area contributed by atoms with Crippen molar-refractivity contribution in [3.8, 4) is 11.5 Å². The molecule has 4 unspecified atom stereocenters. The summed E-state index contributed by atoms with van der Waals surface area (Å²) < 4.78 is 22.5. The van der Waals surface area contributed by atoms with E-state index in [-0.39, 0.29) is 18.6 Å². The van der Waals surface area contributed by atoms with Crippen molar-refractivity contribution in [3.63, 3.8) is 0 Å². The Morgan fingerprint density at radius 1 is 0.902 bits per heavy atom. The van der Waals surface area contributed by atoms with Gasteiger partial charge in [0.25, 0.3) is 0 Å². The molecule has 0 bridgehead atoms. The van der Waals surface area contributed by atoms with Crippen molar-refractivity contribution in [2.75, 3.05) is 21.3 Å². The van der Waals surface area contributed by atoms with Crippen LogP contribution in [0.4, 0.5) is 4.79 Å². The number of carbonyl (C=O) groups excluding carboxylic acids is 2. The first kappa shape index (κ1) is 30.1. The molecule has 1 N–H and O–H groups in total. The monoisotopic (exact) mass is 560 g/mol. The summed E-state index contributed by atoms with van der Waals surface area (Å²) >= 11 is 0. The van der Waals surface area contributed by atoms with Crippen molar-refractivity contribution >= 4 is 11.9 Å². The number of aryl methyl sites for hydroxylation is 1. The van der Waals surface area contributed by atoms with Gasteiger partial charge in [0.15, 0.2) is 6.29 Å². The van der Waals surface area contributed by atoms with E-state index in [2.05, 4.69) is 5.32 Å². The van der Waals surface area contributed by atoms with Crippen LogP contribution < -0.4 is 14.8 Å². The molecule has 1 fully saturated rings. The van der Waals surface area contributed by atoms with Gasteiger partial charge >= 0.3 is 6.03 Å². The highest BCUT2D eigenvalue weighted by Crippen LogP contribution is 2.46. The van der Waals surface area contributed by atoms with Gasteiger partial charge in [-0.3, -0.25) is 9.69 Å². The van der Waals surface area contributed by atoms with Gasteiger partial charge in [-0.1, -0.05) is 54.6 Å². The van der Waals surface area contributed by atoms with Gasteiger partial charge in [0.2, 0.25) is 5.91 Å². The van der Waals surface area contributed by atoms with Gasteiger partial charge in [-0.15, -0.1) is 0 Å². The number of nitrogens with zero attached hydrogens (tertiary/aromatic N) is 1. The first-order valence-electron chi connectivity index (χ1n) is 13.9. The number of hydrogen-bond donors (Lipinski definition) is 1. The molecule has 0 saturated carbocycles. The summed E-state index contributed by atoms with van der Waals surface area (Å²) in [6.45, 7) is 4.06. The van der Waals surface area contributed by atoms with Crippen LogP contribution in [0.1, 0.15) is 49.4 Å². The van der Waals surface area contributed by atoms with E-state index in [1.165, 1.54) is 4.90 Å². The van der Waals surface area contributed by atoms with Gasteiger partial charge in [-0.2, -0.15) is 0 Å². The summed E-state index contributed by atoms with van der Waals surface area (Å²) in [7, 11) is 4.80. The predicted molar refractivity (Wildman–Crippen MR) is 157 cm³/mol. The van der Waals surface area contributed by atoms with Crippen LogP contribution in [0.25, 0.3) is 0 Å². The Labute approximate surface area is 242 Å². The molecule has 1 aliphatic heterocycles. The lowest BCUT2D eigenvalue weighted by atomic mass is 9.68. The second-order valence-corrected chi connectivity index (χ2v) is 10.6. The smallest absolute Gasteiger partial charge is 0.325 e. The Morgan fingerprint density at radius 2 is 1.49 bits per heavy atom. The van der Waals surface area contributed by atoms with Crippen molar-refractivity contribution in [1.82, 2.24) is 10.2 Å². The topological polar surface area (TPSA) is 86.3 Å². The quantitative estimate of drug-likeness (QED) is 0.207. The second-order valence-electron chi connectivity index (χ2n) is 10.6. The number of amides is 3. The van der Waals surface area contributed by atoms with Crippen LogP contribution in [0.3, 0.4) is 0 Å². The molecule has 41 heavy (non-hydrogen) atoms. The number of β-lactam (4-membered cyclic amide) rings is 1. The maximum Gasteiger partial charge on any atom is 0.325 e. The number of carbonyl (C=O) groups is 2. The average molecular weight is 561 g/mol. The molecule has 4 atom stereocenters. The highest BCUT2D eigenvalue weighted by atomic mass is 16.7. The van der Waals surface area contributed by atoms with Gasteiger partial charge in [-0.05, 0) is 74.1 Å². The van der Waals surface area contributed by atoms with Crippen molar-refractivity contribution in [2.45, 2.75) is 58.1 Å². The Balaban J connectivity index is 1.50. The zero-order valence-corrected chi connectivity index (χ0v) is 24.5. The third-order valence-corrected chi connectivity index (χ3v) is 7.88. The van der Waals surface area contributed by atoms with Crippen molar-refractivity contribution in [3.05, 3.63) is 95.6 Å². The van der Waals surface area contributed by atoms with Crippen LogP contribution in [0.15, 0.2) is 78.9 Å². The van der Waals surface area contributed by atoms with Gasteiger partial charge in [0.1, 0.15) is 17.5 Å². The summed E-state index contributed by atoms with van der Waals surface area (Å²) in [6.07, 6.45) is 1.32. The van der Waals surface area contributed by atoms with E-state index in [9.17, 15) is 9.59 Å². The lowest BCUT2D eigenvalue weighted by molar-refractivity contribution is -0.223. The fourth-order valence-corrected chi connectivity index (χ4v) is 5.36. The van der Waals surface area contributed by atoms with Gasteiger partial charge in [-0.25, -0.2) is 4.79 Å². The number of methoxy groups -OCH3 is 3. The minimum atomic E-state index is -0.833. The molecule has 3 aromatic rings. The molecule has 218 valence electrons. The Morgan fingerprint density at radius 3 is 2.05 bits per heavy atom. The maximum atomic E-state index is 13.7. The van der Waals surface area contributed by atoms with E-state index < -0.39 is 23.8 Å². The van der Waals surface area contributed by atoms with Gasteiger partial charge in [0, 0.05) is 7.11 Å². The molecule has 1 aliphatic rings. The van der Waals surface area contributed by atoms with Gasteiger partial charge in [0.05, 0.1) is 32.3 Å². The van der Waals surface area contributed by atoms with Crippen molar-refractivity contribution in [2.24, 2.45) is 5.41 Å². The molecular weight excluding hydrogens is 520 g/mol. The molecule has 0 aromatic heterocycles. The molecule has 0 spiro atoms. The zero-order valence-electron chi connectivity index (χ0n) is 24.5. The number of ether oxygens (including phenoxy) is 4. The molecule has 0 aliphatic carbocycles. The molecule has 0 radical (unpaired) electrons. The number of rotatable bonds is 13. The molecule has 3 aromatic carbocycles. The van der Waals surface area contributed by atoms with Crippen molar-refractivity contribution in [1.29, 1.82) is 0 Å². The highest BCUT2D eigenvalue weighted by molar-refractivity contribution is 6.03. The second kappa shape index (κ2) is 13.7. The van der Waals surface area contributed by atoms with E-state index >= 15 is 0 Å². The fraction of sp³-hybridized carbons (Fsp3) is 0.394. The first-order valence-corrected chi connectivity index (χ1v) is 13.9. The van der Waals surface area contributed by atoms with Gasteiger partial charge < -0.3 is 24.3 Å². The Bertz CT molecular complexity index is 1280. The zero-order chi connectivity index (χ0) is 29.4. The molecular formula is C33H40N2O6. The summed E-state index contributed by atoms with van der Waals surface area (Å²) in [5.74, 6) is 1.32. The SMILES string of the molecule is COc1ccc(CCCC2(C)C(=O)N(C(=O)NC(C)c3ccccc3)C2C(OC)OCc2ccc(OC)cc2)cc1. The standard InChI is InChI=1S/C33H40N2O6/c1-23(26-11-7-6-8-12-26)34-32(37)35-29(30(40-5)41-22-25-15-19-28(39-4)20-16-25)33(2,31(35)36)21-9-10-24-13-17-27(38-3)18-14-24/h6-8,11-20,23,29-30H,9-10,21-22H2,1-5H3,(H,34,37). The Kier molecular flexibility index (Phi) is 10.0. The normalized spacial score (nSPS) is 19.7. The summed E-state index contributed by atoms with van der Waals surface area (Å²) in [4.78, 5) is 28.4. The van der Waals surface area contributed by atoms with Crippen LogP contribution in [0.2, 0.25) is 0 Å². The average Bonchev–Trinajstić information content (AvgIpc) is 3.01. The molecule has 3 amide bonds. The molecule has 8 heteroatoms. The first-order chi connectivity index (χ1) is 19.8. The maximum absolute atomic E-state index is 13.7. The van der Waals surface area contributed by atoms with Crippen LogP contribution in [0.5, 0.6) is 11.5 Å². The number of hydrogen-bond acceptors (Lipinski definition) is 6. The number of imide groups is 1. The minimum absolute atomic E-state index is 0.231. The van der Waals surface area contributed by atoms with Crippen LogP contribution in [-0.2, 0) is 27.3 Å². The lowest BCUT2D eigenvalue weighted by Gasteiger charge is -2.55. The van der Waals surface area contributed by atoms with E-state index in [1.54, 1.807) is 21.3 Å². The number of likely N-dealkylation sites (tertiary alicyclic amines) is 1. The molecule has 1 saturated heterocycles. The van der Waals surface area contributed by atoms with Crippen LogP contribution in [0, 0.1) is 5.41 Å². The van der Waals surface area contributed by atoms with Crippen LogP contribution >= 0.6 is 0 Å². The van der Waals surface area contributed by atoms with E-state index in [1.807, 2.05) is 92.7 Å². The van der Waals surface area contributed by atoms with Crippen LogP contribution in [-0.4, -0.2) is 50.5 Å². The predicted octanol–water partition coefficient (Wildman–Crippen LogP) is 5.90. The number of urea groups is 1. The number of nitrogens with one attached hydrogen (secondary N) is 1. The third-order valence-electron chi connectivity index (χ3n) is 7.88. The molecule has 8 nitrogen and oxygen atoms in total. The highest BCUT2D eigenvalue weighted by Gasteiger charge is 2.63.